The Bertz CT molecular complexity index is 498. The minimum absolute atomic E-state index is 0.0811. The summed E-state index contributed by atoms with van der Waals surface area (Å²) in [7, 11) is 0. The van der Waals surface area contributed by atoms with Crippen molar-refractivity contribution in [3.8, 4) is 5.75 Å². The van der Waals surface area contributed by atoms with Crippen molar-refractivity contribution in [2.45, 2.75) is 39.9 Å². The third-order valence-electron chi connectivity index (χ3n) is 3.62. The minimum Gasteiger partial charge on any atom is -0.465 e. The van der Waals surface area contributed by atoms with Gasteiger partial charge in [-0.3, -0.25) is 4.79 Å². The summed E-state index contributed by atoms with van der Waals surface area (Å²) in [6.45, 7) is 3.40. The summed E-state index contributed by atoms with van der Waals surface area (Å²) in [6.07, 6.45) is 0. The number of alkyl halides is 2. The average Bonchev–Trinajstić information content (AvgIpc) is 2.38. The number of ether oxygens (including phenoxy) is 2. The summed E-state index contributed by atoms with van der Waals surface area (Å²) in [5.74, 6) is -0.655. The molecule has 0 saturated carbocycles. The highest BCUT2D eigenvalue weighted by atomic mass is 19.3. The molecule has 0 bridgehead atoms. The fourth-order valence-corrected chi connectivity index (χ4v) is 1.85. The van der Waals surface area contributed by atoms with Crippen LogP contribution in [0.3, 0.4) is 0 Å². The average molecular weight is 302 g/mol. The zero-order valence-corrected chi connectivity index (χ0v) is 12.5. The van der Waals surface area contributed by atoms with E-state index >= 15 is 0 Å². The van der Waals surface area contributed by atoms with Crippen molar-refractivity contribution in [2.75, 3.05) is 6.61 Å². The quantitative estimate of drug-likeness (QED) is 0.820. The molecule has 0 amide bonds. The summed E-state index contributed by atoms with van der Waals surface area (Å²) in [4.78, 5) is 12.0. The number of hydrogen-bond donors (Lipinski definition) is 1. The van der Waals surface area contributed by atoms with Crippen molar-refractivity contribution in [3.63, 3.8) is 0 Å². The van der Waals surface area contributed by atoms with Crippen LogP contribution in [-0.2, 0) is 15.1 Å². The molecule has 0 radical (unpaired) electrons. The van der Waals surface area contributed by atoms with Gasteiger partial charge in [0, 0.05) is 0 Å². The van der Waals surface area contributed by atoms with Gasteiger partial charge in [0.2, 0.25) is 0 Å². The molecule has 4 nitrogen and oxygen atoms in total. The predicted octanol–water partition coefficient (Wildman–Crippen LogP) is 3.08. The number of aliphatic hydroxyl groups is 1. The highest BCUT2D eigenvalue weighted by molar-refractivity contribution is 5.78. The van der Waals surface area contributed by atoms with E-state index in [2.05, 4.69) is 4.74 Å². The van der Waals surface area contributed by atoms with Gasteiger partial charge in [0.05, 0.1) is 12.0 Å². The van der Waals surface area contributed by atoms with Gasteiger partial charge in [-0.25, -0.2) is 0 Å². The maximum Gasteiger partial charge on any atom is 0.387 e. The molecule has 6 heteroatoms. The number of rotatable bonds is 6. The molecule has 0 aliphatic rings. The van der Waals surface area contributed by atoms with Gasteiger partial charge in [0.1, 0.15) is 11.4 Å². The van der Waals surface area contributed by atoms with Crippen molar-refractivity contribution in [1.29, 1.82) is 0 Å². The zero-order chi connectivity index (χ0) is 16.3. The molecule has 1 N–H and O–H groups in total. The molecule has 1 rings (SSSR count). The molecule has 118 valence electrons. The molecule has 1 aromatic carbocycles. The van der Waals surface area contributed by atoms with Crippen molar-refractivity contribution in [1.82, 2.24) is 0 Å². The third kappa shape index (κ3) is 3.69. The van der Waals surface area contributed by atoms with Gasteiger partial charge in [0.25, 0.3) is 0 Å². The molecular formula is C15H20F2O4. The van der Waals surface area contributed by atoms with E-state index in [4.69, 9.17) is 4.74 Å². The molecule has 0 aliphatic heterocycles. The second-order valence-electron chi connectivity index (χ2n) is 5.32. The lowest BCUT2D eigenvalue weighted by Gasteiger charge is -2.38. The first-order valence-corrected chi connectivity index (χ1v) is 6.58. The standard InChI is InChI=1S/C15H20F2O4/c1-5-20-12(18)14(2,3)15(4,19)10-7-6-8-11(9-10)21-13(16)17/h6-9,13,19H,5H2,1-4H3. The van der Waals surface area contributed by atoms with E-state index in [1.54, 1.807) is 13.0 Å². The number of benzene rings is 1. The fraction of sp³-hybridized carbons (Fsp3) is 0.533. The number of carbonyl (C=O) groups excluding carboxylic acids is 1. The smallest absolute Gasteiger partial charge is 0.387 e. The summed E-state index contributed by atoms with van der Waals surface area (Å²) in [6, 6.07) is 5.65. The minimum atomic E-state index is -2.96. The second kappa shape index (κ2) is 6.39. The Labute approximate surface area is 122 Å². The maximum absolute atomic E-state index is 12.3. The lowest BCUT2D eigenvalue weighted by Crippen LogP contribution is -2.46. The van der Waals surface area contributed by atoms with E-state index in [0.717, 1.165) is 0 Å². The van der Waals surface area contributed by atoms with Gasteiger partial charge in [-0.05, 0) is 45.4 Å². The largest absolute Gasteiger partial charge is 0.465 e. The number of halogens is 2. The topological polar surface area (TPSA) is 55.8 Å². The van der Waals surface area contributed by atoms with Crippen LogP contribution in [0.5, 0.6) is 5.75 Å². The highest BCUT2D eigenvalue weighted by Gasteiger charge is 2.47. The van der Waals surface area contributed by atoms with E-state index < -0.39 is 23.6 Å². The van der Waals surface area contributed by atoms with E-state index in [1.807, 2.05) is 0 Å². The van der Waals surface area contributed by atoms with Crippen LogP contribution in [0.25, 0.3) is 0 Å². The van der Waals surface area contributed by atoms with Crippen molar-refractivity contribution in [3.05, 3.63) is 29.8 Å². The Kier molecular flexibility index (Phi) is 5.28. The van der Waals surface area contributed by atoms with E-state index in [-0.39, 0.29) is 12.4 Å². The van der Waals surface area contributed by atoms with Gasteiger partial charge < -0.3 is 14.6 Å². The van der Waals surface area contributed by atoms with Crippen LogP contribution in [0.4, 0.5) is 8.78 Å². The maximum atomic E-state index is 12.3. The molecule has 0 heterocycles. The van der Waals surface area contributed by atoms with Gasteiger partial charge >= 0.3 is 12.6 Å². The lowest BCUT2D eigenvalue weighted by molar-refractivity contribution is -0.170. The number of carbonyl (C=O) groups is 1. The Morgan fingerprint density at radius 3 is 2.48 bits per heavy atom. The lowest BCUT2D eigenvalue weighted by atomic mass is 9.72. The summed E-state index contributed by atoms with van der Waals surface area (Å²) in [5.41, 5.74) is -2.58. The first kappa shape index (κ1) is 17.4. The van der Waals surface area contributed by atoms with E-state index in [1.165, 1.54) is 39.0 Å². The summed E-state index contributed by atoms with van der Waals surface area (Å²) >= 11 is 0. The first-order chi connectivity index (χ1) is 9.62. The van der Waals surface area contributed by atoms with Gasteiger partial charge in [-0.2, -0.15) is 8.78 Å². The molecule has 1 atom stereocenters. The van der Waals surface area contributed by atoms with E-state index in [0.29, 0.717) is 5.56 Å². The first-order valence-electron chi connectivity index (χ1n) is 6.58. The summed E-state index contributed by atoms with van der Waals surface area (Å²) < 4.78 is 33.8. The molecule has 1 aromatic rings. The van der Waals surface area contributed by atoms with Crippen LogP contribution in [0.1, 0.15) is 33.3 Å². The summed E-state index contributed by atoms with van der Waals surface area (Å²) in [5, 5.41) is 10.7. The molecule has 0 fully saturated rings. The van der Waals surface area contributed by atoms with Crippen LogP contribution in [0, 0.1) is 5.41 Å². The van der Waals surface area contributed by atoms with Gasteiger partial charge in [0.15, 0.2) is 0 Å². The Morgan fingerprint density at radius 1 is 1.33 bits per heavy atom. The Balaban J connectivity index is 3.14. The monoisotopic (exact) mass is 302 g/mol. The molecular weight excluding hydrogens is 282 g/mol. The van der Waals surface area contributed by atoms with Crippen molar-refractivity contribution < 1.29 is 28.2 Å². The van der Waals surface area contributed by atoms with Crippen LogP contribution in [-0.4, -0.2) is 24.3 Å². The SMILES string of the molecule is CCOC(=O)C(C)(C)C(C)(O)c1cccc(OC(F)F)c1. The van der Waals surface area contributed by atoms with Crippen LogP contribution >= 0.6 is 0 Å². The molecule has 0 saturated heterocycles. The van der Waals surface area contributed by atoms with Crippen LogP contribution in [0.2, 0.25) is 0 Å². The zero-order valence-electron chi connectivity index (χ0n) is 12.5. The normalized spacial score (nSPS) is 14.7. The second-order valence-corrected chi connectivity index (χ2v) is 5.32. The fourth-order valence-electron chi connectivity index (χ4n) is 1.85. The third-order valence-corrected chi connectivity index (χ3v) is 3.62. The molecule has 21 heavy (non-hydrogen) atoms. The molecule has 0 aromatic heterocycles. The van der Waals surface area contributed by atoms with E-state index in [9.17, 15) is 18.7 Å². The Morgan fingerprint density at radius 2 is 1.95 bits per heavy atom. The van der Waals surface area contributed by atoms with Crippen molar-refractivity contribution >= 4 is 5.97 Å². The predicted molar refractivity (Wildman–Crippen MR) is 73.1 cm³/mol. The Hall–Kier alpha value is -1.69. The number of esters is 1. The van der Waals surface area contributed by atoms with Gasteiger partial charge in [-0.1, -0.05) is 12.1 Å². The molecule has 0 spiro atoms. The molecule has 1 unspecified atom stereocenters. The molecule has 0 aliphatic carbocycles. The van der Waals surface area contributed by atoms with Crippen LogP contribution in [0.15, 0.2) is 24.3 Å². The van der Waals surface area contributed by atoms with Crippen molar-refractivity contribution in [2.24, 2.45) is 5.41 Å². The number of hydrogen-bond acceptors (Lipinski definition) is 4. The van der Waals surface area contributed by atoms with Gasteiger partial charge in [-0.15, -0.1) is 0 Å². The highest BCUT2D eigenvalue weighted by Crippen LogP contribution is 2.41. The van der Waals surface area contributed by atoms with Crippen LogP contribution < -0.4 is 4.74 Å².